The molecule has 0 saturated heterocycles. The van der Waals surface area contributed by atoms with Crippen LogP contribution in [0.2, 0.25) is 10.0 Å². The van der Waals surface area contributed by atoms with Crippen molar-refractivity contribution in [2.45, 2.75) is 77.0 Å². The van der Waals surface area contributed by atoms with Crippen LogP contribution in [0.4, 0.5) is 22.7 Å². The number of anilines is 3. The molecule has 0 unspecified atom stereocenters. The summed E-state index contributed by atoms with van der Waals surface area (Å²) in [5.74, 6) is -0.579. The van der Waals surface area contributed by atoms with Crippen LogP contribution in [-0.2, 0) is 31.1 Å². The summed E-state index contributed by atoms with van der Waals surface area (Å²) < 4.78 is 67.4. The van der Waals surface area contributed by atoms with Crippen LogP contribution in [0.15, 0.2) is 144 Å². The van der Waals surface area contributed by atoms with Gasteiger partial charge in [-0.2, -0.15) is 21.4 Å². The molecule has 7 rings (SSSR count). The maximum absolute atomic E-state index is 11.6. The Bertz CT molecular complexity index is 2690. The number of fused-ring (bicyclic) bond motifs is 2. The highest BCUT2D eigenvalue weighted by molar-refractivity contribution is 7.86. The molecule has 2 aliphatic heterocycles. The third-order valence-corrected chi connectivity index (χ3v) is 14.3. The SMILES string of the molecule is CC1(C)C(/C=C/C2=C(N(c3ccccc3)c3ccccc3)C(=C/C=C3/N(CCCCS(=O)(=O)O)c4ccc(Cl)cc4C3(C)C)/CC2)=[N+](CCCCS(=O)(=O)O)c2ccc(Cl)cc21. The Morgan fingerprint density at radius 2 is 1.27 bits per heavy atom. The van der Waals surface area contributed by atoms with Gasteiger partial charge in [0.2, 0.25) is 5.69 Å². The Morgan fingerprint density at radius 3 is 1.89 bits per heavy atom. The maximum atomic E-state index is 11.6. The second kappa shape index (κ2) is 18.3. The number of halogens is 2. The second-order valence-electron chi connectivity index (χ2n) is 17.2. The molecular formula is C49H54Cl2N3O6S2+. The van der Waals surface area contributed by atoms with E-state index >= 15 is 0 Å². The van der Waals surface area contributed by atoms with Crippen LogP contribution < -0.4 is 9.80 Å². The van der Waals surface area contributed by atoms with Gasteiger partial charge in [-0.15, -0.1) is 0 Å². The Labute approximate surface area is 376 Å². The summed E-state index contributed by atoms with van der Waals surface area (Å²) in [6.07, 6.45) is 12.2. The van der Waals surface area contributed by atoms with Gasteiger partial charge in [-0.1, -0.05) is 85.6 Å². The Kier molecular flexibility index (Phi) is 13.4. The highest BCUT2D eigenvalue weighted by atomic mass is 35.5. The lowest BCUT2D eigenvalue weighted by Gasteiger charge is -2.29. The van der Waals surface area contributed by atoms with E-state index in [9.17, 15) is 25.9 Å². The van der Waals surface area contributed by atoms with Crippen molar-refractivity contribution in [3.8, 4) is 0 Å². The largest absolute Gasteiger partial charge is 0.344 e. The third-order valence-electron chi connectivity index (χ3n) is 12.2. The van der Waals surface area contributed by atoms with Gasteiger partial charge in [0.05, 0.1) is 22.6 Å². The standard InChI is InChI=1S/C49H53Cl2N3O6S2/c1-48(2)41-33-37(50)23-25-43(41)52(29-11-13-31-61(55,56)57)45(48)27-21-35-19-20-36(47(35)54(39-15-7-5-8-16-39)40-17-9-6-10-18-40)22-28-46-49(3,4)42-34-38(51)24-26-44(42)53(46)30-12-14-32-62(58,59)60/h5-10,15-18,21-28,33-34H,11-14,19-20,29-32H2,1-4H3,(H-,55,56,57,58,59,60)/p+1. The molecule has 62 heavy (non-hydrogen) atoms. The van der Waals surface area contributed by atoms with Crippen LogP contribution >= 0.6 is 23.2 Å². The Balaban J connectivity index is 1.36. The predicted octanol–water partition coefficient (Wildman–Crippen LogP) is 11.8. The van der Waals surface area contributed by atoms with Crippen molar-refractivity contribution in [2.24, 2.45) is 0 Å². The van der Waals surface area contributed by atoms with Crippen LogP contribution in [0.3, 0.4) is 0 Å². The molecule has 9 nitrogen and oxygen atoms in total. The van der Waals surface area contributed by atoms with Crippen molar-refractivity contribution in [3.05, 3.63) is 165 Å². The number of nitrogens with zero attached hydrogens (tertiary/aromatic N) is 3. The summed E-state index contributed by atoms with van der Waals surface area (Å²) in [6.45, 7) is 9.87. The summed E-state index contributed by atoms with van der Waals surface area (Å²) in [7, 11) is -8.14. The first-order valence-electron chi connectivity index (χ1n) is 21.0. The van der Waals surface area contributed by atoms with Crippen LogP contribution in [0.1, 0.15) is 77.3 Å². The molecule has 13 heteroatoms. The normalized spacial score (nSPS) is 18.4. The number of unbranched alkanes of at least 4 members (excludes halogenated alkanes) is 2. The number of benzene rings is 4. The Morgan fingerprint density at radius 1 is 0.694 bits per heavy atom. The molecule has 2 N–H and O–H groups in total. The molecule has 2 heterocycles. The van der Waals surface area contributed by atoms with Crippen molar-refractivity contribution in [1.29, 1.82) is 0 Å². The van der Waals surface area contributed by atoms with Gasteiger partial charge >= 0.3 is 0 Å². The summed E-state index contributed by atoms with van der Waals surface area (Å²) in [5.41, 5.74) is 10.9. The molecular weight excluding hydrogens is 862 g/mol. The topological polar surface area (TPSA) is 118 Å². The zero-order valence-electron chi connectivity index (χ0n) is 35.6. The molecule has 0 fully saturated rings. The molecule has 1 aliphatic carbocycles. The van der Waals surface area contributed by atoms with Crippen molar-refractivity contribution < 1.29 is 30.5 Å². The van der Waals surface area contributed by atoms with E-state index in [2.05, 4.69) is 90.6 Å². The van der Waals surface area contributed by atoms with Crippen molar-refractivity contribution in [1.82, 2.24) is 0 Å². The minimum atomic E-state index is -4.07. The van der Waals surface area contributed by atoms with Crippen LogP contribution in [-0.4, -0.2) is 60.8 Å². The van der Waals surface area contributed by atoms with Gasteiger partial charge in [0, 0.05) is 68.9 Å². The lowest BCUT2D eigenvalue weighted by molar-refractivity contribution is -0.438. The molecule has 0 amide bonds. The monoisotopic (exact) mass is 914 g/mol. The van der Waals surface area contributed by atoms with Gasteiger partial charge in [-0.3, -0.25) is 9.11 Å². The molecule has 0 aromatic heterocycles. The van der Waals surface area contributed by atoms with Crippen molar-refractivity contribution in [2.75, 3.05) is 34.4 Å². The van der Waals surface area contributed by atoms with E-state index in [0.29, 0.717) is 48.8 Å². The van der Waals surface area contributed by atoms with E-state index < -0.39 is 31.1 Å². The highest BCUT2D eigenvalue weighted by Gasteiger charge is 2.45. The molecule has 4 aromatic rings. The molecule has 4 aromatic carbocycles. The van der Waals surface area contributed by atoms with E-state index in [1.165, 1.54) is 0 Å². The smallest absolute Gasteiger partial charge is 0.264 e. The number of allylic oxidation sites excluding steroid dienone is 7. The zero-order valence-corrected chi connectivity index (χ0v) is 38.7. The molecule has 326 valence electrons. The van der Waals surface area contributed by atoms with E-state index in [1.807, 2.05) is 72.8 Å². The van der Waals surface area contributed by atoms with Gasteiger partial charge in [-0.05, 0) is 123 Å². The average molecular weight is 916 g/mol. The van der Waals surface area contributed by atoms with Gasteiger partial charge in [0.25, 0.3) is 20.2 Å². The zero-order chi connectivity index (χ0) is 44.5. The van der Waals surface area contributed by atoms with Gasteiger partial charge in [0.15, 0.2) is 5.71 Å². The number of rotatable bonds is 16. The minimum Gasteiger partial charge on any atom is -0.344 e. The lowest BCUT2D eigenvalue weighted by atomic mass is 9.81. The minimum absolute atomic E-state index is 0.290. The second-order valence-corrected chi connectivity index (χ2v) is 21.2. The van der Waals surface area contributed by atoms with Gasteiger partial charge in [0.1, 0.15) is 6.54 Å². The fourth-order valence-corrected chi connectivity index (χ4v) is 10.6. The van der Waals surface area contributed by atoms with Crippen molar-refractivity contribution in [3.63, 3.8) is 0 Å². The molecule has 0 saturated carbocycles. The van der Waals surface area contributed by atoms with Gasteiger partial charge < -0.3 is 9.80 Å². The van der Waals surface area contributed by atoms with E-state index in [1.54, 1.807) is 0 Å². The van der Waals surface area contributed by atoms with Crippen LogP contribution in [0, 0.1) is 0 Å². The summed E-state index contributed by atoms with van der Waals surface area (Å²) >= 11 is 13.1. The molecule has 0 atom stereocenters. The number of para-hydroxylation sites is 2. The molecule has 0 radical (unpaired) electrons. The molecule has 3 aliphatic rings. The maximum Gasteiger partial charge on any atom is 0.264 e. The van der Waals surface area contributed by atoms with E-state index in [0.717, 1.165) is 75.0 Å². The fraction of sp³-hybridized carbons (Fsp3) is 0.327. The fourth-order valence-electron chi connectivity index (χ4n) is 9.13. The quantitative estimate of drug-likeness (QED) is 0.0648. The number of hydrogen-bond donors (Lipinski definition) is 2. The van der Waals surface area contributed by atoms with E-state index in [-0.39, 0.29) is 11.5 Å². The third kappa shape index (κ3) is 9.99. The van der Waals surface area contributed by atoms with Crippen molar-refractivity contribution >= 4 is 71.9 Å². The van der Waals surface area contributed by atoms with Gasteiger partial charge in [-0.25, -0.2) is 0 Å². The molecule has 0 bridgehead atoms. The first-order chi connectivity index (χ1) is 29.3. The first-order valence-corrected chi connectivity index (χ1v) is 25.0. The van der Waals surface area contributed by atoms with Crippen LogP contribution in [0.5, 0.6) is 0 Å². The highest BCUT2D eigenvalue weighted by Crippen LogP contribution is 2.50. The summed E-state index contributed by atoms with van der Waals surface area (Å²) in [4.78, 5) is 4.58. The first kappa shape index (κ1) is 45.5. The summed E-state index contributed by atoms with van der Waals surface area (Å²) in [5, 5.41) is 1.29. The predicted molar refractivity (Wildman–Crippen MR) is 254 cm³/mol. The Hall–Kier alpha value is -4.49. The lowest BCUT2D eigenvalue weighted by Crippen LogP contribution is -2.28. The molecule has 0 spiro atoms. The van der Waals surface area contributed by atoms with E-state index in [4.69, 9.17) is 23.2 Å². The van der Waals surface area contributed by atoms with Crippen LogP contribution in [0.25, 0.3) is 0 Å². The summed E-state index contributed by atoms with van der Waals surface area (Å²) in [6, 6.07) is 32.5. The average Bonchev–Trinajstić information content (AvgIpc) is 3.77. The number of hydrogen-bond acceptors (Lipinski definition) is 6.